The largest absolute Gasteiger partial charge is 0.478 e. The lowest BCUT2D eigenvalue weighted by Crippen LogP contribution is -2.08. The lowest BCUT2D eigenvalue weighted by molar-refractivity contribution is -0.0503. The summed E-state index contributed by atoms with van der Waals surface area (Å²) in [5.41, 5.74) is 1.15. The highest BCUT2D eigenvalue weighted by Gasteiger charge is 2.17. The molecule has 0 fully saturated rings. The minimum Gasteiger partial charge on any atom is -0.478 e. The van der Waals surface area contributed by atoms with Crippen molar-refractivity contribution in [2.75, 3.05) is 0 Å². The molecule has 88 valence electrons. The molecule has 1 aromatic rings. The van der Waals surface area contributed by atoms with E-state index in [0.717, 1.165) is 0 Å². The van der Waals surface area contributed by atoms with Crippen molar-refractivity contribution in [2.45, 2.75) is 18.9 Å². The Hall–Kier alpha value is -1.17. The van der Waals surface area contributed by atoms with Gasteiger partial charge in [-0.1, -0.05) is 15.9 Å². The molecule has 6 heteroatoms. The van der Waals surface area contributed by atoms with Crippen LogP contribution in [-0.2, 0) is 5.33 Å². The summed E-state index contributed by atoms with van der Waals surface area (Å²) in [6.45, 7) is -1.33. The van der Waals surface area contributed by atoms with Crippen LogP contribution >= 0.6 is 15.9 Å². The average Bonchev–Trinajstić information content (AvgIpc) is 2.19. The molecule has 0 aliphatic rings. The summed E-state index contributed by atoms with van der Waals surface area (Å²) in [4.78, 5) is 10.8. The molecular formula is C10H9BrF2O3. The molecular weight excluding hydrogens is 286 g/mol. The van der Waals surface area contributed by atoms with Crippen molar-refractivity contribution in [3.05, 3.63) is 28.8 Å². The van der Waals surface area contributed by atoms with E-state index in [1.807, 2.05) is 0 Å². The molecule has 0 spiro atoms. The lowest BCUT2D eigenvalue weighted by Gasteiger charge is -2.11. The first kappa shape index (κ1) is 12.9. The monoisotopic (exact) mass is 294 g/mol. The standard InChI is InChI=1S/C10H9BrF2O3/c1-5-2-7(9(14)15)8(16-10(12)13)3-6(5)4-11/h2-3,10H,4H2,1H3,(H,14,15). The fraction of sp³-hybridized carbons (Fsp3) is 0.300. The quantitative estimate of drug-likeness (QED) is 0.868. The molecule has 16 heavy (non-hydrogen) atoms. The Morgan fingerprint density at radius 2 is 2.19 bits per heavy atom. The Kier molecular flexibility index (Phi) is 4.23. The Morgan fingerprint density at radius 1 is 1.56 bits per heavy atom. The van der Waals surface area contributed by atoms with E-state index < -0.39 is 12.6 Å². The maximum atomic E-state index is 12.1. The van der Waals surface area contributed by atoms with Crippen LogP contribution in [0.5, 0.6) is 5.75 Å². The summed E-state index contributed by atoms with van der Waals surface area (Å²) >= 11 is 3.18. The number of aromatic carboxylic acids is 1. The molecule has 1 N–H and O–H groups in total. The van der Waals surface area contributed by atoms with E-state index in [-0.39, 0.29) is 11.3 Å². The number of alkyl halides is 3. The highest BCUT2D eigenvalue weighted by atomic mass is 79.9. The lowest BCUT2D eigenvalue weighted by atomic mass is 10.1. The zero-order valence-electron chi connectivity index (χ0n) is 8.34. The first-order valence-corrected chi connectivity index (χ1v) is 5.45. The van der Waals surface area contributed by atoms with Crippen LogP contribution in [0.2, 0.25) is 0 Å². The molecule has 3 nitrogen and oxygen atoms in total. The van der Waals surface area contributed by atoms with E-state index in [1.54, 1.807) is 6.92 Å². The predicted octanol–water partition coefficient (Wildman–Crippen LogP) is 3.19. The molecule has 0 atom stereocenters. The van der Waals surface area contributed by atoms with Crippen molar-refractivity contribution in [2.24, 2.45) is 0 Å². The molecule has 0 saturated heterocycles. The molecule has 0 amide bonds. The van der Waals surface area contributed by atoms with Gasteiger partial charge >= 0.3 is 12.6 Å². The van der Waals surface area contributed by atoms with Gasteiger partial charge < -0.3 is 9.84 Å². The van der Waals surface area contributed by atoms with Crippen LogP contribution in [-0.4, -0.2) is 17.7 Å². The maximum Gasteiger partial charge on any atom is 0.387 e. The van der Waals surface area contributed by atoms with Crippen LogP contribution in [0.25, 0.3) is 0 Å². The maximum absolute atomic E-state index is 12.1. The van der Waals surface area contributed by atoms with Gasteiger partial charge in [0.15, 0.2) is 0 Å². The third kappa shape index (κ3) is 2.91. The van der Waals surface area contributed by atoms with Gasteiger partial charge in [-0.05, 0) is 30.2 Å². The third-order valence-corrected chi connectivity index (χ3v) is 2.63. The van der Waals surface area contributed by atoms with Crippen LogP contribution in [0.15, 0.2) is 12.1 Å². The SMILES string of the molecule is Cc1cc(C(=O)O)c(OC(F)F)cc1CBr. The van der Waals surface area contributed by atoms with Gasteiger partial charge in [-0.3, -0.25) is 0 Å². The van der Waals surface area contributed by atoms with Crippen LogP contribution in [0, 0.1) is 6.92 Å². The molecule has 0 unspecified atom stereocenters. The highest BCUT2D eigenvalue weighted by molar-refractivity contribution is 9.08. The summed E-state index contributed by atoms with van der Waals surface area (Å²) in [6, 6.07) is 2.62. The van der Waals surface area contributed by atoms with E-state index in [0.29, 0.717) is 16.5 Å². The van der Waals surface area contributed by atoms with Crippen molar-refractivity contribution < 1.29 is 23.4 Å². The smallest absolute Gasteiger partial charge is 0.387 e. The number of rotatable bonds is 4. The summed E-state index contributed by atoms with van der Waals surface area (Å²) in [7, 11) is 0. The molecule has 0 bridgehead atoms. The summed E-state index contributed by atoms with van der Waals surface area (Å²) in [5, 5.41) is 9.27. The third-order valence-electron chi connectivity index (χ3n) is 2.03. The summed E-state index contributed by atoms with van der Waals surface area (Å²) in [6.07, 6.45) is 0. The molecule has 1 rings (SSSR count). The van der Waals surface area contributed by atoms with E-state index in [4.69, 9.17) is 5.11 Å². The fourth-order valence-electron chi connectivity index (χ4n) is 1.23. The van der Waals surface area contributed by atoms with Crippen LogP contribution in [0.4, 0.5) is 8.78 Å². The van der Waals surface area contributed by atoms with Gasteiger partial charge in [-0.15, -0.1) is 0 Å². The van der Waals surface area contributed by atoms with E-state index in [2.05, 4.69) is 20.7 Å². The van der Waals surface area contributed by atoms with Gasteiger partial charge in [0.2, 0.25) is 0 Å². The van der Waals surface area contributed by atoms with Crippen molar-refractivity contribution in [3.8, 4) is 5.75 Å². The topological polar surface area (TPSA) is 46.5 Å². The number of hydrogen-bond donors (Lipinski definition) is 1. The number of aryl methyl sites for hydroxylation is 1. The minimum absolute atomic E-state index is 0.262. The highest BCUT2D eigenvalue weighted by Crippen LogP contribution is 2.26. The van der Waals surface area contributed by atoms with Gasteiger partial charge in [-0.25, -0.2) is 4.79 Å². The first-order chi connectivity index (χ1) is 7.45. The summed E-state index contributed by atoms with van der Waals surface area (Å²) < 4.78 is 28.3. The number of carboxylic acids is 1. The normalized spacial score (nSPS) is 10.6. The van der Waals surface area contributed by atoms with Gasteiger partial charge in [0.05, 0.1) is 0 Å². The molecule has 0 aliphatic heterocycles. The van der Waals surface area contributed by atoms with Crippen molar-refractivity contribution in [3.63, 3.8) is 0 Å². The summed E-state index contributed by atoms with van der Waals surface area (Å²) in [5.74, 6) is -1.61. The van der Waals surface area contributed by atoms with E-state index >= 15 is 0 Å². The first-order valence-electron chi connectivity index (χ1n) is 4.33. The number of benzene rings is 1. The molecule has 0 heterocycles. The van der Waals surface area contributed by atoms with Crippen LogP contribution < -0.4 is 4.74 Å². The minimum atomic E-state index is -3.04. The molecule has 0 saturated carbocycles. The second kappa shape index (κ2) is 5.25. The van der Waals surface area contributed by atoms with E-state index in [1.165, 1.54) is 12.1 Å². The number of carbonyl (C=O) groups is 1. The zero-order valence-corrected chi connectivity index (χ0v) is 9.92. The zero-order chi connectivity index (χ0) is 12.3. The number of hydrogen-bond acceptors (Lipinski definition) is 2. The van der Waals surface area contributed by atoms with Crippen molar-refractivity contribution in [1.82, 2.24) is 0 Å². The van der Waals surface area contributed by atoms with Gasteiger partial charge in [0.1, 0.15) is 11.3 Å². The molecule has 1 aromatic carbocycles. The fourth-order valence-corrected chi connectivity index (χ4v) is 1.84. The molecule has 0 aromatic heterocycles. The number of halogens is 3. The average molecular weight is 295 g/mol. The predicted molar refractivity (Wildman–Crippen MR) is 57.4 cm³/mol. The van der Waals surface area contributed by atoms with Crippen LogP contribution in [0.1, 0.15) is 21.5 Å². The van der Waals surface area contributed by atoms with Crippen molar-refractivity contribution in [1.29, 1.82) is 0 Å². The van der Waals surface area contributed by atoms with Crippen molar-refractivity contribution >= 4 is 21.9 Å². The van der Waals surface area contributed by atoms with Gasteiger partial charge in [0, 0.05) is 5.33 Å². The van der Waals surface area contributed by atoms with E-state index in [9.17, 15) is 13.6 Å². The Morgan fingerprint density at radius 3 is 2.62 bits per heavy atom. The van der Waals surface area contributed by atoms with Gasteiger partial charge in [0.25, 0.3) is 0 Å². The Balaban J connectivity index is 3.25. The molecule has 0 aliphatic carbocycles. The second-order valence-electron chi connectivity index (χ2n) is 3.09. The van der Waals surface area contributed by atoms with Gasteiger partial charge in [-0.2, -0.15) is 8.78 Å². The second-order valence-corrected chi connectivity index (χ2v) is 3.65. The Bertz CT molecular complexity index is 407. The Labute approximate surface area is 99.2 Å². The number of ether oxygens (including phenoxy) is 1. The number of carboxylic acid groups (broad SMARTS) is 1. The molecule has 0 radical (unpaired) electrons. The van der Waals surface area contributed by atoms with Crippen LogP contribution in [0.3, 0.4) is 0 Å².